The van der Waals surface area contributed by atoms with Crippen molar-refractivity contribution in [1.82, 2.24) is 10.2 Å². The lowest BCUT2D eigenvalue weighted by Gasteiger charge is -2.37. The molecule has 5 heteroatoms. The van der Waals surface area contributed by atoms with Crippen molar-refractivity contribution in [3.05, 3.63) is 42.0 Å². The predicted octanol–water partition coefficient (Wildman–Crippen LogP) is 1.18. The summed E-state index contributed by atoms with van der Waals surface area (Å²) in [6, 6.07) is 9.43. The molecule has 94 valence electrons. The van der Waals surface area contributed by atoms with E-state index in [1.54, 1.807) is 6.08 Å². The van der Waals surface area contributed by atoms with E-state index in [9.17, 15) is 9.59 Å². The maximum atomic E-state index is 11.5. The summed E-state index contributed by atoms with van der Waals surface area (Å²) in [6.07, 6.45) is 2.24. The summed E-state index contributed by atoms with van der Waals surface area (Å²) in [7, 11) is 0. The predicted molar refractivity (Wildman–Crippen MR) is 67.0 cm³/mol. The minimum atomic E-state index is -0.944. The highest BCUT2D eigenvalue weighted by Crippen LogP contribution is 2.07. The van der Waals surface area contributed by atoms with Crippen LogP contribution in [0, 0.1) is 0 Å². The molecule has 2 rings (SSSR count). The molecule has 0 spiro atoms. The van der Waals surface area contributed by atoms with Crippen LogP contribution in [0.1, 0.15) is 5.56 Å². The number of amides is 2. The van der Waals surface area contributed by atoms with Gasteiger partial charge in [-0.05, 0) is 11.6 Å². The molecule has 0 aliphatic carbocycles. The number of nitrogens with zero attached hydrogens (tertiary/aromatic N) is 1. The van der Waals surface area contributed by atoms with Gasteiger partial charge < -0.3 is 15.3 Å². The number of benzene rings is 1. The van der Waals surface area contributed by atoms with E-state index in [0.717, 1.165) is 5.56 Å². The van der Waals surface area contributed by atoms with Crippen LogP contribution in [-0.2, 0) is 4.79 Å². The smallest absolute Gasteiger partial charge is 0.407 e. The average molecular weight is 246 g/mol. The van der Waals surface area contributed by atoms with E-state index in [2.05, 4.69) is 5.32 Å². The summed E-state index contributed by atoms with van der Waals surface area (Å²) in [5.41, 5.74) is 0.952. The molecule has 0 aromatic heterocycles. The van der Waals surface area contributed by atoms with E-state index in [1.807, 2.05) is 30.3 Å². The molecule has 0 radical (unpaired) electrons. The largest absolute Gasteiger partial charge is 0.465 e. The van der Waals surface area contributed by atoms with E-state index >= 15 is 0 Å². The first-order chi connectivity index (χ1) is 8.65. The number of hydrogen-bond acceptors (Lipinski definition) is 2. The monoisotopic (exact) mass is 246 g/mol. The Kier molecular flexibility index (Phi) is 3.62. The zero-order valence-corrected chi connectivity index (χ0v) is 9.74. The van der Waals surface area contributed by atoms with Gasteiger partial charge in [-0.25, -0.2) is 4.79 Å². The quantitative estimate of drug-likeness (QED) is 0.787. The summed E-state index contributed by atoms with van der Waals surface area (Å²) >= 11 is 0. The van der Waals surface area contributed by atoms with Gasteiger partial charge in [0, 0.05) is 19.2 Å². The maximum Gasteiger partial charge on any atom is 0.407 e. The number of carbonyl (C=O) groups excluding carboxylic acids is 1. The normalized spacial score (nSPS) is 15.4. The number of rotatable bonds is 3. The van der Waals surface area contributed by atoms with Crippen LogP contribution in [0.25, 0.3) is 6.08 Å². The molecule has 1 saturated heterocycles. The van der Waals surface area contributed by atoms with Crippen molar-refractivity contribution in [2.45, 2.75) is 6.04 Å². The molecule has 1 fully saturated rings. The standard InChI is InChI=1S/C13H14N2O3/c16-12(7-6-10-4-2-1-3-5-10)14-11-8-15(9-11)13(17)18/h1-7,11H,8-9H2,(H,14,16)(H,17,18)/b7-6+. The molecule has 5 nitrogen and oxygen atoms in total. The van der Waals surface area contributed by atoms with E-state index in [-0.39, 0.29) is 11.9 Å². The third kappa shape index (κ3) is 3.10. The number of carbonyl (C=O) groups is 2. The molecule has 0 unspecified atom stereocenters. The van der Waals surface area contributed by atoms with Crippen molar-refractivity contribution in [2.24, 2.45) is 0 Å². The molecular formula is C13H14N2O3. The van der Waals surface area contributed by atoms with Crippen molar-refractivity contribution < 1.29 is 14.7 Å². The Morgan fingerprint density at radius 3 is 2.56 bits per heavy atom. The SMILES string of the molecule is O=C(/C=C/c1ccccc1)NC1CN(C(=O)O)C1. The lowest BCUT2D eigenvalue weighted by molar-refractivity contribution is -0.118. The Morgan fingerprint density at radius 2 is 1.94 bits per heavy atom. The zero-order chi connectivity index (χ0) is 13.0. The summed E-state index contributed by atoms with van der Waals surface area (Å²) in [5.74, 6) is -0.200. The molecule has 2 amide bonds. The Labute approximate surface area is 105 Å². The van der Waals surface area contributed by atoms with Gasteiger partial charge in [0.25, 0.3) is 0 Å². The van der Waals surface area contributed by atoms with Gasteiger partial charge in [-0.3, -0.25) is 4.79 Å². The van der Waals surface area contributed by atoms with Gasteiger partial charge in [0.2, 0.25) is 5.91 Å². The van der Waals surface area contributed by atoms with Gasteiger partial charge >= 0.3 is 6.09 Å². The fraction of sp³-hybridized carbons (Fsp3) is 0.231. The number of hydrogen-bond donors (Lipinski definition) is 2. The Balaban J connectivity index is 1.77. The van der Waals surface area contributed by atoms with Gasteiger partial charge in [0.15, 0.2) is 0 Å². The van der Waals surface area contributed by atoms with Gasteiger partial charge in [0.05, 0.1) is 6.04 Å². The third-order valence-electron chi connectivity index (χ3n) is 2.73. The second-order valence-electron chi connectivity index (χ2n) is 4.14. The minimum absolute atomic E-state index is 0.0750. The summed E-state index contributed by atoms with van der Waals surface area (Å²) in [4.78, 5) is 23.3. The van der Waals surface area contributed by atoms with Gasteiger partial charge in [-0.15, -0.1) is 0 Å². The van der Waals surface area contributed by atoms with Crippen LogP contribution in [0.4, 0.5) is 4.79 Å². The highest BCUT2D eigenvalue weighted by molar-refractivity contribution is 5.92. The molecule has 0 atom stereocenters. The van der Waals surface area contributed by atoms with E-state index in [0.29, 0.717) is 13.1 Å². The van der Waals surface area contributed by atoms with Crippen molar-refractivity contribution in [2.75, 3.05) is 13.1 Å². The minimum Gasteiger partial charge on any atom is -0.465 e. The first kappa shape index (κ1) is 12.2. The van der Waals surface area contributed by atoms with Gasteiger partial charge in [-0.1, -0.05) is 30.3 Å². The average Bonchev–Trinajstić information content (AvgIpc) is 2.31. The van der Waals surface area contributed by atoms with Crippen LogP contribution in [0.5, 0.6) is 0 Å². The van der Waals surface area contributed by atoms with E-state index < -0.39 is 6.09 Å². The maximum absolute atomic E-state index is 11.5. The van der Waals surface area contributed by atoms with E-state index in [4.69, 9.17) is 5.11 Å². The van der Waals surface area contributed by atoms with Gasteiger partial charge in [0.1, 0.15) is 0 Å². The van der Waals surface area contributed by atoms with Crippen LogP contribution in [-0.4, -0.2) is 41.1 Å². The highest BCUT2D eigenvalue weighted by atomic mass is 16.4. The second kappa shape index (κ2) is 5.35. The Bertz CT molecular complexity index is 464. The van der Waals surface area contributed by atoms with Gasteiger partial charge in [-0.2, -0.15) is 0 Å². The zero-order valence-electron chi connectivity index (χ0n) is 9.74. The van der Waals surface area contributed by atoms with Crippen LogP contribution in [0.15, 0.2) is 36.4 Å². The molecule has 1 aliphatic rings. The Morgan fingerprint density at radius 1 is 1.28 bits per heavy atom. The third-order valence-corrected chi connectivity index (χ3v) is 2.73. The molecule has 2 N–H and O–H groups in total. The number of nitrogens with one attached hydrogen (secondary N) is 1. The van der Waals surface area contributed by atoms with Crippen LogP contribution in [0.3, 0.4) is 0 Å². The molecule has 0 saturated carbocycles. The summed E-state index contributed by atoms with van der Waals surface area (Å²) in [5, 5.41) is 11.4. The number of carboxylic acid groups (broad SMARTS) is 1. The summed E-state index contributed by atoms with van der Waals surface area (Å²) in [6.45, 7) is 0.723. The molecule has 1 aromatic rings. The van der Waals surface area contributed by atoms with E-state index in [1.165, 1.54) is 11.0 Å². The van der Waals surface area contributed by atoms with Crippen LogP contribution >= 0.6 is 0 Å². The Hall–Kier alpha value is -2.30. The molecule has 1 heterocycles. The van der Waals surface area contributed by atoms with Crippen LogP contribution < -0.4 is 5.32 Å². The topological polar surface area (TPSA) is 69.6 Å². The molecule has 1 aliphatic heterocycles. The van der Waals surface area contributed by atoms with Crippen molar-refractivity contribution in [3.63, 3.8) is 0 Å². The lowest BCUT2D eigenvalue weighted by Crippen LogP contribution is -2.60. The number of likely N-dealkylation sites (tertiary alicyclic amines) is 1. The van der Waals surface area contributed by atoms with Crippen molar-refractivity contribution in [3.8, 4) is 0 Å². The molecule has 18 heavy (non-hydrogen) atoms. The molecule has 1 aromatic carbocycles. The summed E-state index contributed by atoms with van der Waals surface area (Å²) < 4.78 is 0. The second-order valence-corrected chi connectivity index (χ2v) is 4.14. The highest BCUT2D eigenvalue weighted by Gasteiger charge is 2.30. The van der Waals surface area contributed by atoms with Crippen molar-refractivity contribution >= 4 is 18.1 Å². The van der Waals surface area contributed by atoms with Crippen LogP contribution in [0.2, 0.25) is 0 Å². The first-order valence-corrected chi connectivity index (χ1v) is 5.66. The fourth-order valence-electron chi connectivity index (χ4n) is 1.71. The fourth-order valence-corrected chi connectivity index (χ4v) is 1.71. The molecular weight excluding hydrogens is 232 g/mol. The first-order valence-electron chi connectivity index (χ1n) is 5.66. The van der Waals surface area contributed by atoms with Crippen molar-refractivity contribution in [1.29, 1.82) is 0 Å². The lowest BCUT2D eigenvalue weighted by atomic mass is 10.1. The molecule has 0 bridgehead atoms.